The maximum absolute atomic E-state index is 12.1. The maximum Gasteiger partial charge on any atom is 0.252 e. The molecule has 0 spiro atoms. The number of hydrogen-bond acceptors (Lipinski definition) is 4. The van der Waals surface area contributed by atoms with Gasteiger partial charge in [-0.2, -0.15) is 0 Å². The number of aromatic nitrogens is 1. The van der Waals surface area contributed by atoms with Gasteiger partial charge in [-0.1, -0.05) is 6.92 Å². The molecule has 0 saturated carbocycles. The number of hydrogen-bond donors (Lipinski definition) is 2. The van der Waals surface area contributed by atoms with Crippen molar-refractivity contribution in [3.8, 4) is 0 Å². The zero-order valence-electron chi connectivity index (χ0n) is 12.4. The highest BCUT2D eigenvalue weighted by atomic mass is 16.1. The minimum absolute atomic E-state index is 0.0384. The average molecular weight is 276 g/mol. The van der Waals surface area contributed by atoms with Crippen molar-refractivity contribution in [2.45, 2.75) is 32.7 Å². The number of pyridine rings is 1. The summed E-state index contributed by atoms with van der Waals surface area (Å²) in [4.78, 5) is 18.7. The van der Waals surface area contributed by atoms with Crippen LogP contribution in [-0.4, -0.2) is 48.0 Å². The number of rotatable bonds is 6. The van der Waals surface area contributed by atoms with Crippen molar-refractivity contribution in [3.05, 3.63) is 23.9 Å². The smallest absolute Gasteiger partial charge is 0.252 e. The van der Waals surface area contributed by atoms with Gasteiger partial charge in [0.25, 0.3) is 5.91 Å². The van der Waals surface area contributed by atoms with Gasteiger partial charge in [0.1, 0.15) is 5.82 Å². The number of likely N-dealkylation sites (N-methyl/N-ethyl adjacent to an activating group) is 1. The molecular weight excluding hydrogens is 252 g/mol. The molecular formula is C15H24N4O. The summed E-state index contributed by atoms with van der Waals surface area (Å²) in [6.45, 7) is 7.94. The van der Waals surface area contributed by atoms with Crippen molar-refractivity contribution in [1.82, 2.24) is 15.2 Å². The topological polar surface area (TPSA) is 57.3 Å². The van der Waals surface area contributed by atoms with Gasteiger partial charge in [-0.3, -0.25) is 9.69 Å². The SMILES string of the molecule is CCNc1ccc(C(=O)NCC2CCCN2CC)cn1. The Labute approximate surface area is 120 Å². The molecule has 5 nitrogen and oxygen atoms in total. The standard InChI is InChI=1S/C15H24N4O/c1-3-16-14-8-7-12(10-17-14)15(20)18-11-13-6-5-9-19(13)4-2/h7-8,10,13H,3-6,9,11H2,1-2H3,(H,16,17)(H,18,20). The Hall–Kier alpha value is -1.62. The third kappa shape index (κ3) is 3.70. The fourth-order valence-corrected chi connectivity index (χ4v) is 2.67. The highest BCUT2D eigenvalue weighted by Gasteiger charge is 2.23. The summed E-state index contributed by atoms with van der Waals surface area (Å²) in [5, 5.41) is 6.13. The summed E-state index contributed by atoms with van der Waals surface area (Å²) in [6.07, 6.45) is 4.03. The molecule has 20 heavy (non-hydrogen) atoms. The van der Waals surface area contributed by atoms with E-state index in [1.165, 1.54) is 12.8 Å². The van der Waals surface area contributed by atoms with E-state index < -0.39 is 0 Å². The largest absolute Gasteiger partial charge is 0.370 e. The van der Waals surface area contributed by atoms with Gasteiger partial charge in [0.2, 0.25) is 0 Å². The Morgan fingerprint density at radius 3 is 2.95 bits per heavy atom. The molecule has 1 aliphatic heterocycles. The van der Waals surface area contributed by atoms with Gasteiger partial charge in [0.15, 0.2) is 0 Å². The number of nitrogens with one attached hydrogen (secondary N) is 2. The molecule has 1 fully saturated rings. The number of carbonyl (C=O) groups excluding carboxylic acids is 1. The number of anilines is 1. The maximum atomic E-state index is 12.1. The fourth-order valence-electron chi connectivity index (χ4n) is 2.67. The Kier molecular flexibility index (Phi) is 5.35. The van der Waals surface area contributed by atoms with Crippen molar-refractivity contribution >= 4 is 11.7 Å². The van der Waals surface area contributed by atoms with E-state index in [1.54, 1.807) is 6.20 Å². The van der Waals surface area contributed by atoms with Crippen molar-refractivity contribution in [2.24, 2.45) is 0 Å². The van der Waals surface area contributed by atoms with E-state index in [-0.39, 0.29) is 5.91 Å². The van der Waals surface area contributed by atoms with Gasteiger partial charge in [-0.05, 0) is 45.0 Å². The quantitative estimate of drug-likeness (QED) is 0.831. The molecule has 5 heteroatoms. The Balaban J connectivity index is 1.85. The number of nitrogens with zero attached hydrogens (tertiary/aromatic N) is 2. The van der Waals surface area contributed by atoms with Crippen LogP contribution in [0.5, 0.6) is 0 Å². The molecule has 1 aliphatic rings. The average Bonchev–Trinajstić information content (AvgIpc) is 2.93. The van der Waals surface area contributed by atoms with Gasteiger partial charge < -0.3 is 10.6 Å². The van der Waals surface area contributed by atoms with Crippen LogP contribution in [0.1, 0.15) is 37.0 Å². The molecule has 0 aromatic carbocycles. The molecule has 2 heterocycles. The van der Waals surface area contributed by atoms with Crippen LogP contribution in [-0.2, 0) is 0 Å². The van der Waals surface area contributed by atoms with Crippen LogP contribution >= 0.6 is 0 Å². The lowest BCUT2D eigenvalue weighted by atomic mass is 10.2. The molecule has 2 rings (SSSR count). The summed E-state index contributed by atoms with van der Waals surface area (Å²) in [5.41, 5.74) is 0.618. The highest BCUT2D eigenvalue weighted by Crippen LogP contribution is 2.15. The second kappa shape index (κ2) is 7.24. The van der Waals surface area contributed by atoms with E-state index in [0.717, 1.165) is 32.0 Å². The predicted molar refractivity (Wildman–Crippen MR) is 81.0 cm³/mol. The van der Waals surface area contributed by atoms with Crippen molar-refractivity contribution in [2.75, 3.05) is 31.5 Å². The first kappa shape index (κ1) is 14.8. The van der Waals surface area contributed by atoms with Crippen LogP contribution in [0.15, 0.2) is 18.3 Å². The molecule has 110 valence electrons. The van der Waals surface area contributed by atoms with Gasteiger partial charge in [-0.15, -0.1) is 0 Å². The van der Waals surface area contributed by atoms with Crippen LogP contribution in [0.3, 0.4) is 0 Å². The summed E-state index contributed by atoms with van der Waals surface area (Å²) in [7, 11) is 0. The first-order chi connectivity index (χ1) is 9.74. The summed E-state index contributed by atoms with van der Waals surface area (Å²) in [6, 6.07) is 4.14. The third-order valence-corrected chi connectivity index (χ3v) is 3.79. The van der Waals surface area contributed by atoms with Crippen molar-refractivity contribution < 1.29 is 4.79 Å². The molecule has 0 radical (unpaired) electrons. The third-order valence-electron chi connectivity index (χ3n) is 3.79. The van der Waals surface area contributed by atoms with Crippen LogP contribution < -0.4 is 10.6 Å². The minimum atomic E-state index is -0.0384. The predicted octanol–water partition coefficient (Wildman–Crippen LogP) is 1.73. The lowest BCUT2D eigenvalue weighted by Crippen LogP contribution is -2.40. The van der Waals surface area contributed by atoms with Crippen LogP contribution in [0.2, 0.25) is 0 Å². The van der Waals surface area contributed by atoms with E-state index in [9.17, 15) is 4.79 Å². The highest BCUT2D eigenvalue weighted by molar-refractivity contribution is 5.94. The molecule has 1 saturated heterocycles. The van der Waals surface area contributed by atoms with Crippen molar-refractivity contribution in [1.29, 1.82) is 0 Å². The van der Waals surface area contributed by atoms with Crippen LogP contribution in [0.4, 0.5) is 5.82 Å². The molecule has 1 atom stereocenters. The second-order valence-electron chi connectivity index (χ2n) is 5.10. The van der Waals surface area contributed by atoms with E-state index in [2.05, 4.69) is 27.4 Å². The van der Waals surface area contributed by atoms with Crippen LogP contribution in [0, 0.1) is 0 Å². The Morgan fingerprint density at radius 2 is 2.30 bits per heavy atom. The van der Waals surface area contributed by atoms with Crippen LogP contribution in [0.25, 0.3) is 0 Å². The normalized spacial score (nSPS) is 19.0. The first-order valence-electron chi connectivity index (χ1n) is 7.46. The Morgan fingerprint density at radius 1 is 1.45 bits per heavy atom. The zero-order valence-corrected chi connectivity index (χ0v) is 12.4. The monoisotopic (exact) mass is 276 g/mol. The van der Waals surface area contributed by atoms with Gasteiger partial charge >= 0.3 is 0 Å². The van der Waals surface area contributed by atoms with E-state index in [1.807, 2.05) is 19.1 Å². The second-order valence-corrected chi connectivity index (χ2v) is 5.10. The van der Waals surface area contributed by atoms with Crippen molar-refractivity contribution in [3.63, 3.8) is 0 Å². The van der Waals surface area contributed by atoms with Gasteiger partial charge in [0, 0.05) is 25.3 Å². The summed E-state index contributed by atoms with van der Waals surface area (Å²) >= 11 is 0. The number of amides is 1. The first-order valence-corrected chi connectivity index (χ1v) is 7.46. The van der Waals surface area contributed by atoms with E-state index in [0.29, 0.717) is 11.6 Å². The number of likely N-dealkylation sites (tertiary alicyclic amines) is 1. The van der Waals surface area contributed by atoms with Gasteiger partial charge in [-0.25, -0.2) is 4.98 Å². The molecule has 1 aromatic heterocycles. The molecule has 0 bridgehead atoms. The fraction of sp³-hybridized carbons (Fsp3) is 0.600. The lowest BCUT2D eigenvalue weighted by molar-refractivity contribution is 0.0941. The molecule has 1 unspecified atom stereocenters. The minimum Gasteiger partial charge on any atom is -0.370 e. The molecule has 1 amide bonds. The summed E-state index contributed by atoms with van der Waals surface area (Å²) < 4.78 is 0. The number of carbonyl (C=O) groups is 1. The van der Waals surface area contributed by atoms with E-state index in [4.69, 9.17) is 0 Å². The molecule has 2 N–H and O–H groups in total. The summed E-state index contributed by atoms with van der Waals surface area (Å²) in [5.74, 6) is 0.764. The molecule has 1 aromatic rings. The lowest BCUT2D eigenvalue weighted by Gasteiger charge is -2.22. The zero-order chi connectivity index (χ0) is 14.4. The molecule has 0 aliphatic carbocycles. The van der Waals surface area contributed by atoms with Gasteiger partial charge in [0.05, 0.1) is 5.56 Å². The van der Waals surface area contributed by atoms with E-state index >= 15 is 0 Å². The Bertz CT molecular complexity index is 432.